The summed E-state index contributed by atoms with van der Waals surface area (Å²) in [5.74, 6) is 0.530. The minimum absolute atomic E-state index is 0.327. The highest BCUT2D eigenvalue weighted by Crippen LogP contribution is 2.27. The molecule has 1 aromatic rings. The lowest BCUT2D eigenvalue weighted by molar-refractivity contribution is -0.0182. The summed E-state index contributed by atoms with van der Waals surface area (Å²) in [6, 6.07) is 7.85. The molecule has 1 fully saturated rings. The molecule has 1 aromatic carbocycles. The summed E-state index contributed by atoms with van der Waals surface area (Å²) in [7, 11) is 0. The molecular weight excluding hydrogens is 234 g/mol. The van der Waals surface area contributed by atoms with E-state index in [2.05, 4.69) is 0 Å². The van der Waals surface area contributed by atoms with Crippen LogP contribution in [0.25, 0.3) is 0 Å². The molecule has 0 bridgehead atoms. The van der Waals surface area contributed by atoms with E-state index in [1.165, 1.54) is 19.3 Å². The minimum Gasteiger partial charge on any atom is -0.373 e. The van der Waals surface area contributed by atoms with Gasteiger partial charge in [0.15, 0.2) is 0 Å². The van der Waals surface area contributed by atoms with Gasteiger partial charge in [-0.1, -0.05) is 36.6 Å². The molecule has 1 saturated carbocycles. The standard InChI is InChI=1S/C14H20ClNO/c15-13-6-3-4-11(8-13)10-17-14-7-2-1-5-12(14)9-16/h3-4,6,8,12,14H,1-2,5,7,9-10,16H2. The van der Waals surface area contributed by atoms with Gasteiger partial charge in [-0.25, -0.2) is 0 Å². The van der Waals surface area contributed by atoms with Crippen LogP contribution in [0.5, 0.6) is 0 Å². The number of ether oxygens (including phenoxy) is 1. The highest BCUT2D eigenvalue weighted by Gasteiger charge is 2.24. The first-order valence-corrected chi connectivity index (χ1v) is 6.73. The molecular formula is C14H20ClNO. The Bertz CT molecular complexity index is 356. The normalized spacial score (nSPS) is 24.8. The predicted octanol–water partition coefficient (Wildman–Crippen LogP) is 3.37. The van der Waals surface area contributed by atoms with Crippen LogP contribution in [0.2, 0.25) is 5.02 Å². The van der Waals surface area contributed by atoms with Crippen molar-refractivity contribution in [2.45, 2.75) is 38.4 Å². The van der Waals surface area contributed by atoms with E-state index in [9.17, 15) is 0 Å². The lowest BCUT2D eigenvalue weighted by Gasteiger charge is -2.30. The minimum atomic E-state index is 0.327. The van der Waals surface area contributed by atoms with Gasteiger partial charge in [0.2, 0.25) is 0 Å². The smallest absolute Gasteiger partial charge is 0.0721 e. The Morgan fingerprint density at radius 2 is 2.12 bits per heavy atom. The Kier molecular flexibility index (Phi) is 4.84. The van der Waals surface area contributed by atoms with Gasteiger partial charge < -0.3 is 10.5 Å². The molecule has 0 radical (unpaired) electrons. The SMILES string of the molecule is NCC1CCCCC1OCc1cccc(Cl)c1. The van der Waals surface area contributed by atoms with E-state index in [0.717, 1.165) is 23.6 Å². The zero-order valence-corrected chi connectivity index (χ0v) is 10.8. The van der Waals surface area contributed by atoms with Gasteiger partial charge in [0.1, 0.15) is 0 Å². The molecule has 0 heterocycles. The zero-order chi connectivity index (χ0) is 12.1. The molecule has 2 atom stereocenters. The van der Waals surface area contributed by atoms with Gasteiger partial charge in [-0.05, 0) is 43.0 Å². The maximum Gasteiger partial charge on any atom is 0.0721 e. The molecule has 2 unspecified atom stereocenters. The van der Waals surface area contributed by atoms with Crippen LogP contribution in [0.15, 0.2) is 24.3 Å². The second-order valence-electron chi connectivity index (χ2n) is 4.76. The molecule has 2 nitrogen and oxygen atoms in total. The van der Waals surface area contributed by atoms with E-state index in [0.29, 0.717) is 18.6 Å². The van der Waals surface area contributed by atoms with Crippen molar-refractivity contribution in [3.8, 4) is 0 Å². The van der Waals surface area contributed by atoms with E-state index in [4.69, 9.17) is 22.1 Å². The third kappa shape index (κ3) is 3.70. The van der Waals surface area contributed by atoms with Crippen molar-refractivity contribution in [3.63, 3.8) is 0 Å². The van der Waals surface area contributed by atoms with Crippen LogP contribution in [0.3, 0.4) is 0 Å². The van der Waals surface area contributed by atoms with Gasteiger partial charge in [0, 0.05) is 5.02 Å². The predicted molar refractivity (Wildman–Crippen MR) is 71.0 cm³/mol. The molecule has 0 saturated heterocycles. The molecule has 0 aromatic heterocycles. The lowest BCUT2D eigenvalue weighted by Crippen LogP contribution is -2.33. The first-order chi connectivity index (χ1) is 8.29. The summed E-state index contributed by atoms with van der Waals surface area (Å²) in [5, 5.41) is 0.769. The van der Waals surface area contributed by atoms with Gasteiger partial charge >= 0.3 is 0 Å². The average molecular weight is 254 g/mol. The highest BCUT2D eigenvalue weighted by atomic mass is 35.5. The average Bonchev–Trinajstić information content (AvgIpc) is 2.37. The molecule has 2 rings (SSSR count). The molecule has 1 aliphatic rings. The molecule has 0 aliphatic heterocycles. The second kappa shape index (κ2) is 6.39. The van der Waals surface area contributed by atoms with E-state index in [-0.39, 0.29) is 0 Å². The topological polar surface area (TPSA) is 35.2 Å². The Hall–Kier alpha value is -0.570. The van der Waals surface area contributed by atoms with E-state index in [1.807, 2.05) is 24.3 Å². The van der Waals surface area contributed by atoms with Crippen LogP contribution in [0.4, 0.5) is 0 Å². The first kappa shape index (κ1) is 12.9. The van der Waals surface area contributed by atoms with Crippen molar-refractivity contribution in [1.82, 2.24) is 0 Å². The number of hydrogen-bond donors (Lipinski definition) is 1. The van der Waals surface area contributed by atoms with E-state index in [1.54, 1.807) is 0 Å². The fraction of sp³-hybridized carbons (Fsp3) is 0.571. The van der Waals surface area contributed by atoms with Crippen molar-refractivity contribution < 1.29 is 4.74 Å². The largest absolute Gasteiger partial charge is 0.373 e. The van der Waals surface area contributed by atoms with Crippen molar-refractivity contribution >= 4 is 11.6 Å². The third-order valence-corrected chi connectivity index (χ3v) is 3.73. The quantitative estimate of drug-likeness (QED) is 0.893. The molecule has 94 valence electrons. The van der Waals surface area contributed by atoms with Crippen molar-refractivity contribution in [2.75, 3.05) is 6.54 Å². The fourth-order valence-corrected chi connectivity index (χ4v) is 2.71. The van der Waals surface area contributed by atoms with Crippen molar-refractivity contribution in [1.29, 1.82) is 0 Å². The lowest BCUT2D eigenvalue weighted by atomic mass is 9.86. The van der Waals surface area contributed by atoms with Crippen molar-refractivity contribution in [3.05, 3.63) is 34.9 Å². The number of halogens is 1. The monoisotopic (exact) mass is 253 g/mol. The Balaban J connectivity index is 1.88. The summed E-state index contributed by atoms with van der Waals surface area (Å²) < 4.78 is 5.99. The number of nitrogens with two attached hydrogens (primary N) is 1. The van der Waals surface area contributed by atoms with Gasteiger partial charge in [-0.15, -0.1) is 0 Å². The summed E-state index contributed by atoms with van der Waals surface area (Å²) >= 11 is 5.95. The summed E-state index contributed by atoms with van der Waals surface area (Å²) in [6.45, 7) is 1.38. The summed E-state index contributed by atoms with van der Waals surface area (Å²) in [5.41, 5.74) is 6.92. The maximum absolute atomic E-state index is 5.99. The van der Waals surface area contributed by atoms with Crippen molar-refractivity contribution in [2.24, 2.45) is 11.7 Å². The van der Waals surface area contributed by atoms with Crippen LogP contribution >= 0.6 is 11.6 Å². The summed E-state index contributed by atoms with van der Waals surface area (Å²) in [6.07, 6.45) is 5.22. The maximum atomic E-state index is 5.99. The Morgan fingerprint density at radius 1 is 1.29 bits per heavy atom. The van der Waals surface area contributed by atoms with Crippen LogP contribution in [-0.4, -0.2) is 12.6 Å². The first-order valence-electron chi connectivity index (χ1n) is 6.35. The molecule has 0 spiro atoms. The van der Waals surface area contributed by atoms with Gasteiger partial charge in [-0.2, -0.15) is 0 Å². The van der Waals surface area contributed by atoms with Crippen LogP contribution in [0.1, 0.15) is 31.2 Å². The third-order valence-electron chi connectivity index (χ3n) is 3.50. The molecule has 17 heavy (non-hydrogen) atoms. The summed E-state index contributed by atoms with van der Waals surface area (Å²) in [4.78, 5) is 0. The van der Waals surface area contributed by atoms with Gasteiger partial charge in [0.05, 0.1) is 12.7 Å². The molecule has 3 heteroatoms. The Morgan fingerprint density at radius 3 is 2.88 bits per heavy atom. The van der Waals surface area contributed by atoms with E-state index >= 15 is 0 Å². The van der Waals surface area contributed by atoms with E-state index < -0.39 is 0 Å². The molecule has 1 aliphatic carbocycles. The van der Waals surface area contributed by atoms with Gasteiger partial charge in [0.25, 0.3) is 0 Å². The van der Waals surface area contributed by atoms with Crippen LogP contribution in [0, 0.1) is 5.92 Å². The Labute approximate surface area is 108 Å². The molecule has 2 N–H and O–H groups in total. The highest BCUT2D eigenvalue weighted by molar-refractivity contribution is 6.30. The van der Waals surface area contributed by atoms with Crippen LogP contribution < -0.4 is 5.73 Å². The zero-order valence-electron chi connectivity index (χ0n) is 10.1. The fourth-order valence-electron chi connectivity index (χ4n) is 2.49. The number of benzene rings is 1. The second-order valence-corrected chi connectivity index (χ2v) is 5.20. The molecule has 0 amide bonds. The number of hydrogen-bond acceptors (Lipinski definition) is 2. The van der Waals surface area contributed by atoms with Gasteiger partial charge in [-0.3, -0.25) is 0 Å². The van der Waals surface area contributed by atoms with Crippen LogP contribution in [-0.2, 0) is 11.3 Å². The number of rotatable bonds is 4.